The minimum atomic E-state index is 0.151. The predicted molar refractivity (Wildman–Crippen MR) is 70.8 cm³/mol. The van der Waals surface area contributed by atoms with Gasteiger partial charge in [-0.3, -0.25) is 4.98 Å². The molecule has 1 aliphatic rings. The molecule has 94 valence electrons. The van der Waals surface area contributed by atoms with E-state index in [1.54, 1.807) is 0 Å². The summed E-state index contributed by atoms with van der Waals surface area (Å²) in [5.74, 6) is 0. The highest BCUT2D eigenvalue weighted by molar-refractivity contribution is 5.06. The Morgan fingerprint density at radius 2 is 2.12 bits per heavy atom. The van der Waals surface area contributed by atoms with Crippen LogP contribution >= 0.6 is 0 Å². The number of hydrogen-bond donors (Lipinski definition) is 1. The zero-order chi connectivity index (χ0) is 12.1. The standard InChI is InChI=1S/C14H23N3/c1-14(11-15,12-17-8-4-5-9-17)10-13-6-2-3-7-16-13/h2-3,6-7H,4-5,8-12,15H2,1H3. The van der Waals surface area contributed by atoms with Crippen LogP contribution in [0.2, 0.25) is 0 Å². The average molecular weight is 233 g/mol. The molecule has 1 unspecified atom stereocenters. The van der Waals surface area contributed by atoms with Crippen molar-refractivity contribution in [2.24, 2.45) is 11.1 Å². The van der Waals surface area contributed by atoms with E-state index in [1.807, 2.05) is 12.3 Å². The first-order chi connectivity index (χ1) is 8.22. The van der Waals surface area contributed by atoms with Crippen LogP contribution in [0.25, 0.3) is 0 Å². The molecule has 0 spiro atoms. The molecule has 0 bridgehead atoms. The second-order valence-electron chi connectivity index (χ2n) is 5.50. The lowest BCUT2D eigenvalue weighted by Gasteiger charge is -2.32. The molecule has 0 saturated carbocycles. The van der Waals surface area contributed by atoms with Crippen molar-refractivity contribution < 1.29 is 0 Å². The Morgan fingerprint density at radius 1 is 1.35 bits per heavy atom. The maximum atomic E-state index is 5.98. The molecule has 2 N–H and O–H groups in total. The lowest BCUT2D eigenvalue weighted by Crippen LogP contribution is -2.41. The van der Waals surface area contributed by atoms with Crippen LogP contribution < -0.4 is 5.73 Å². The molecule has 3 nitrogen and oxygen atoms in total. The van der Waals surface area contributed by atoms with Crippen LogP contribution in [0.5, 0.6) is 0 Å². The van der Waals surface area contributed by atoms with Gasteiger partial charge in [0.1, 0.15) is 0 Å². The van der Waals surface area contributed by atoms with E-state index in [9.17, 15) is 0 Å². The van der Waals surface area contributed by atoms with Crippen molar-refractivity contribution in [1.82, 2.24) is 9.88 Å². The van der Waals surface area contributed by atoms with E-state index in [1.165, 1.54) is 25.9 Å². The number of hydrogen-bond acceptors (Lipinski definition) is 3. The second kappa shape index (κ2) is 5.61. The van der Waals surface area contributed by atoms with Gasteiger partial charge >= 0.3 is 0 Å². The van der Waals surface area contributed by atoms with Gasteiger partial charge in [0.05, 0.1) is 0 Å². The maximum absolute atomic E-state index is 5.98. The second-order valence-corrected chi connectivity index (χ2v) is 5.50. The zero-order valence-corrected chi connectivity index (χ0v) is 10.7. The Hall–Kier alpha value is -0.930. The summed E-state index contributed by atoms with van der Waals surface area (Å²) in [5, 5.41) is 0. The molecule has 17 heavy (non-hydrogen) atoms. The molecule has 0 aromatic carbocycles. The van der Waals surface area contributed by atoms with Crippen molar-refractivity contribution >= 4 is 0 Å². The van der Waals surface area contributed by atoms with Crippen LogP contribution in [0.4, 0.5) is 0 Å². The van der Waals surface area contributed by atoms with Crippen LogP contribution in [-0.4, -0.2) is 36.1 Å². The van der Waals surface area contributed by atoms with E-state index in [-0.39, 0.29) is 5.41 Å². The first kappa shape index (κ1) is 12.5. The van der Waals surface area contributed by atoms with Crippen molar-refractivity contribution in [2.75, 3.05) is 26.2 Å². The topological polar surface area (TPSA) is 42.1 Å². The van der Waals surface area contributed by atoms with E-state index in [0.717, 1.165) is 25.2 Å². The largest absolute Gasteiger partial charge is 0.330 e. The normalized spacial score (nSPS) is 20.4. The zero-order valence-electron chi connectivity index (χ0n) is 10.7. The summed E-state index contributed by atoms with van der Waals surface area (Å²) in [4.78, 5) is 6.95. The number of rotatable bonds is 5. The minimum Gasteiger partial charge on any atom is -0.330 e. The summed E-state index contributed by atoms with van der Waals surface area (Å²) in [6.07, 6.45) is 5.51. The van der Waals surface area contributed by atoms with Gasteiger partial charge in [0.15, 0.2) is 0 Å². The molecule has 3 heteroatoms. The monoisotopic (exact) mass is 233 g/mol. The summed E-state index contributed by atoms with van der Waals surface area (Å²) < 4.78 is 0. The Bertz CT molecular complexity index is 333. The van der Waals surface area contributed by atoms with Crippen molar-refractivity contribution in [3.63, 3.8) is 0 Å². The summed E-state index contributed by atoms with van der Waals surface area (Å²) in [6.45, 7) is 6.57. The fourth-order valence-electron chi connectivity index (χ4n) is 2.61. The summed E-state index contributed by atoms with van der Waals surface area (Å²) in [6, 6.07) is 6.11. The summed E-state index contributed by atoms with van der Waals surface area (Å²) >= 11 is 0. The molecule has 0 aliphatic carbocycles. The quantitative estimate of drug-likeness (QED) is 0.841. The van der Waals surface area contributed by atoms with E-state index in [4.69, 9.17) is 5.73 Å². The number of nitrogens with two attached hydrogens (primary N) is 1. The highest BCUT2D eigenvalue weighted by Gasteiger charge is 2.27. The highest BCUT2D eigenvalue weighted by atomic mass is 15.1. The molecule has 1 fully saturated rings. The first-order valence-electron chi connectivity index (χ1n) is 6.54. The van der Waals surface area contributed by atoms with Gasteiger partial charge in [0, 0.05) is 18.4 Å². The van der Waals surface area contributed by atoms with Gasteiger partial charge in [-0.2, -0.15) is 0 Å². The van der Waals surface area contributed by atoms with E-state index < -0.39 is 0 Å². The van der Waals surface area contributed by atoms with Crippen molar-refractivity contribution in [3.8, 4) is 0 Å². The number of pyridine rings is 1. The Kier molecular flexibility index (Phi) is 4.13. The first-order valence-corrected chi connectivity index (χ1v) is 6.54. The summed E-state index contributed by atoms with van der Waals surface area (Å²) in [7, 11) is 0. The Labute approximate surface area is 104 Å². The van der Waals surface area contributed by atoms with Gasteiger partial charge < -0.3 is 10.6 Å². The molecular weight excluding hydrogens is 210 g/mol. The van der Waals surface area contributed by atoms with Gasteiger partial charge in [-0.1, -0.05) is 13.0 Å². The molecule has 0 amide bonds. The van der Waals surface area contributed by atoms with Crippen molar-refractivity contribution in [3.05, 3.63) is 30.1 Å². The number of likely N-dealkylation sites (tertiary alicyclic amines) is 1. The molecule has 1 aromatic heterocycles. The maximum Gasteiger partial charge on any atom is 0.0410 e. The van der Waals surface area contributed by atoms with E-state index in [2.05, 4.69) is 28.9 Å². The molecule has 1 saturated heterocycles. The Morgan fingerprint density at radius 3 is 2.71 bits per heavy atom. The fourth-order valence-corrected chi connectivity index (χ4v) is 2.61. The predicted octanol–water partition coefficient (Wildman–Crippen LogP) is 1.68. The lowest BCUT2D eigenvalue weighted by molar-refractivity contribution is 0.195. The third-order valence-corrected chi connectivity index (χ3v) is 3.63. The van der Waals surface area contributed by atoms with Crippen molar-refractivity contribution in [2.45, 2.75) is 26.2 Å². The SMILES string of the molecule is CC(CN)(Cc1ccccn1)CN1CCCC1. The van der Waals surface area contributed by atoms with Crippen LogP contribution in [0.15, 0.2) is 24.4 Å². The molecule has 2 heterocycles. The van der Waals surface area contributed by atoms with Crippen LogP contribution in [0.1, 0.15) is 25.5 Å². The van der Waals surface area contributed by atoms with Crippen LogP contribution in [-0.2, 0) is 6.42 Å². The van der Waals surface area contributed by atoms with E-state index >= 15 is 0 Å². The van der Waals surface area contributed by atoms with Crippen LogP contribution in [0.3, 0.4) is 0 Å². The third kappa shape index (κ3) is 3.51. The molecule has 2 rings (SSSR count). The average Bonchev–Trinajstić information content (AvgIpc) is 2.83. The van der Waals surface area contributed by atoms with E-state index in [0.29, 0.717) is 0 Å². The fraction of sp³-hybridized carbons (Fsp3) is 0.643. The van der Waals surface area contributed by atoms with Gasteiger partial charge in [-0.15, -0.1) is 0 Å². The highest BCUT2D eigenvalue weighted by Crippen LogP contribution is 2.23. The van der Waals surface area contributed by atoms with Gasteiger partial charge in [-0.05, 0) is 56.4 Å². The molecule has 0 radical (unpaired) electrons. The smallest absolute Gasteiger partial charge is 0.0410 e. The van der Waals surface area contributed by atoms with Gasteiger partial charge in [0.2, 0.25) is 0 Å². The molecule has 1 aliphatic heterocycles. The van der Waals surface area contributed by atoms with Gasteiger partial charge in [0.25, 0.3) is 0 Å². The molecule has 1 aromatic rings. The summed E-state index contributed by atoms with van der Waals surface area (Å²) in [5.41, 5.74) is 7.28. The van der Waals surface area contributed by atoms with Gasteiger partial charge in [-0.25, -0.2) is 0 Å². The third-order valence-electron chi connectivity index (χ3n) is 3.63. The number of nitrogens with zero attached hydrogens (tertiary/aromatic N) is 2. The van der Waals surface area contributed by atoms with Crippen molar-refractivity contribution in [1.29, 1.82) is 0 Å². The number of aromatic nitrogens is 1. The molecule has 1 atom stereocenters. The Balaban J connectivity index is 1.98. The lowest BCUT2D eigenvalue weighted by atomic mass is 9.84. The molecular formula is C14H23N3. The van der Waals surface area contributed by atoms with Crippen LogP contribution in [0, 0.1) is 5.41 Å². The minimum absolute atomic E-state index is 0.151.